The Bertz CT molecular complexity index is 476. The van der Waals surface area contributed by atoms with E-state index in [1.165, 1.54) is 6.07 Å². The van der Waals surface area contributed by atoms with E-state index in [2.05, 4.69) is 17.2 Å². The molecule has 0 fully saturated rings. The number of unbranched alkanes of at least 4 members (excludes halogenated alkanes) is 1. The van der Waals surface area contributed by atoms with Crippen molar-refractivity contribution in [1.29, 1.82) is 0 Å². The van der Waals surface area contributed by atoms with Gasteiger partial charge in [0.15, 0.2) is 0 Å². The van der Waals surface area contributed by atoms with Crippen molar-refractivity contribution in [2.75, 3.05) is 5.73 Å². The zero-order valence-corrected chi connectivity index (χ0v) is 11.0. The van der Waals surface area contributed by atoms with Crippen molar-refractivity contribution in [3.63, 3.8) is 0 Å². The molecule has 3 N–H and O–H groups in total. The smallest absolute Gasteiger partial charge is 0.300 e. The van der Waals surface area contributed by atoms with Crippen LogP contribution in [0.5, 0.6) is 0 Å². The van der Waals surface area contributed by atoms with E-state index in [0.29, 0.717) is 0 Å². The van der Waals surface area contributed by atoms with Crippen LogP contribution in [0.3, 0.4) is 0 Å². The SMILES string of the molecule is CCCCC(C)NC(=O)c1cc(N)ncc1[N+](=O)[O-]. The van der Waals surface area contributed by atoms with Crippen molar-refractivity contribution < 1.29 is 9.72 Å². The van der Waals surface area contributed by atoms with Gasteiger partial charge in [-0.2, -0.15) is 0 Å². The summed E-state index contributed by atoms with van der Waals surface area (Å²) < 4.78 is 0. The predicted octanol–water partition coefficient (Wildman–Crippen LogP) is 1.88. The van der Waals surface area contributed by atoms with Gasteiger partial charge in [-0.1, -0.05) is 19.8 Å². The van der Waals surface area contributed by atoms with Gasteiger partial charge in [-0.3, -0.25) is 14.9 Å². The van der Waals surface area contributed by atoms with Crippen LogP contribution in [0.25, 0.3) is 0 Å². The van der Waals surface area contributed by atoms with Crippen molar-refractivity contribution in [1.82, 2.24) is 10.3 Å². The lowest BCUT2D eigenvalue weighted by molar-refractivity contribution is -0.385. The summed E-state index contributed by atoms with van der Waals surface area (Å²) in [4.78, 5) is 25.8. The fraction of sp³-hybridized carbons (Fsp3) is 0.500. The number of nitrogen functional groups attached to an aromatic ring is 1. The Morgan fingerprint density at radius 2 is 2.32 bits per heavy atom. The maximum atomic E-state index is 12.0. The number of pyridine rings is 1. The second-order valence-electron chi connectivity index (χ2n) is 4.40. The standard InChI is InChI=1S/C12H18N4O3/c1-3-4-5-8(2)15-12(17)9-6-11(13)14-7-10(9)16(18)19/h6-8H,3-5H2,1-2H3,(H2,13,14)(H,15,17). The lowest BCUT2D eigenvalue weighted by Gasteiger charge is -2.13. The molecule has 1 rings (SSSR count). The van der Waals surface area contributed by atoms with E-state index < -0.39 is 10.8 Å². The maximum Gasteiger partial charge on any atom is 0.300 e. The lowest BCUT2D eigenvalue weighted by Crippen LogP contribution is -2.33. The predicted molar refractivity (Wildman–Crippen MR) is 71.8 cm³/mol. The van der Waals surface area contributed by atoms with Gasteiger partial charge in [0.2, 0.25) is 0 Å². The molecule has 1 aromatic rings. The van der Waals surface area contributed by atoms with Crippen LogP contribution >= 0.6 is 0 Å². The van der Waals surface area contributed by atoms with Crippen molar-refractivity contribution in [3.8, 4) is 0 Å². The highest BCUT2D eigenvalue weighted by Gasteiger charge is 2.22. The summed E-state index contributed by atoms with van der Waals surface area (Å²) in [5, 5.41) is 13.6. The third kappa shape index (κ3) is 4.20. The average Bonchev–Trinajstić information content (AvgIpc) is 2.35. The zero-order chi connectivity index (χ0) is 14.4. The molecule has 0 radical (unpaired) electrons. The molecule has 0 aliphatic carbocycles. The Kier molecular flexibility index (Phi) is 5.23. The summed E-state index contributed by atoms with van der Waals surface area (Å²) in [5.41, 5.74) is 5.07. The van der Waals surface area contributed by atoms with E-state index in [9.17, 15) is 14.9 Å². The number of hydrogen-bond acceptors (Lipinski definition) is 5. The molecule has 0 aliphatic rings. The number of carbonyl (C=O) groups excluding carboxylic acids is 1. The molecule has 1 unspecified atom stereocenters. The van der Waals surface area contributed by atoms with Crippen LogP contribution in [0.4, 0.5) is 11.5 Å². The van der Waals surface area contributed by atoms with Crippen molar-refractivity contribution >= 4 is 17.4 Å². The third-order valence-corrected chi connectivity index (χ3v) is 2.71. The molecule has 1 aromatic heterocycles. The van der Waals surface area contributed by atoms with Gasteiger partial charge in [-0.05, 0) is 19.4 Å². The number of anilines is 1. The fourth-order valence-corrected chi connectivity index (χ4v) is 1.68. The second-order valence-corrected chi connectivity index (χ2v) is 4.40. The summed E-state index contributed by atoms with van der Waals surface area (Å²) in [7, 11) is 0. The highest BCUT2D eigenvalue weighted by molar-refractivity contribution is 5.98. The number of rotatable bonds is 6. The molecule has 0 aromatic carbocycles. The van der Waals surface area contributed by atoms with Crippen LogP contribution in [0, 0.1) is 10.1 Å². The Balaban J connectivity index is 2.86. The van der Waals surface area contributed by atoms with Crippen LogP contribution in [0.2, 0.25) is 0 Å². The first-order valence-corrected chi connectivity index (χ1v) is 6.16. The largest absolute Gasteiger partial charge is 0.384 e. The van der Waals surface area contributed by atoms with Crippen molar-refractivity contribution in [3.05, 3.63) is 27.9 Å². The number of hydrogen-bond donors (Lipinski definition) is 2. The molecule has 0 aliphatic heterocycles. The molecule has 0 bridgehead atoms. The molecule has 0 spiro atoms. The molecule has 1 atom stereocenters. The molecule has 1 amide bonds. The molecule has 104 valence electrons. The first-order chi connectivity index (χ1) is 8.95. The number of amides is 1. The van der Waals surface area contributed by atoms with Crippen LogP contribution in [-0.4, -0.2) is 21.9 Å². The minimum absolute atomic E-state index is 0.0403. The number of nitrogens with two attached hydrogens (primary N) is 1. The van der Waals surface area contributed by atoms with Gasteiger partial charge in [-0.25, -0.2) is 4.98 Å². The molecule has 0 saturated heterocycles. The van der Waals surface area contributed by atoms with Gasteiger partial charge in [0.25, 0.3) is 11.6 Å². The van der Waals surface area contributed by atoms with E-state index in [4.69, 9.17) is 5.73 Å². The Morgan fingerprint density at radius 1 is 1.63 bits per heavy atom. The van der Waals surface area contributed by atoms with Gasteiger partial charge in [0, 0.05) is 6.04 Å². The lowest BCUT2D eigenvalue weighted by atomic mass is 10.1. The monoisotopic (exact) mass is 266 g/mol. The summed E-state index contributed by atoms with van der Waals surface area (Å²) in [6.07, 6.45) is 3.85. The van der Waals surface area contributed by atoms with E-state index >= 15 is 0 Å². The van der Waals surface area contributed by atoms with Crippen LogP contribution in [0.15, 0.2) is 12.3 Å². The maximum absolute atomic E-state index is 12.0. The minimum atomic E-state index is -0.641. The average molecular weight is 266 g/mol. The van der Waals surface area contributed by atoms with Gasteiger partial charge < -0.3 is 11.1 Å². The first kappa shape index (κ1) is 14.9. The molecular weight excluding hydrogens is 248 g/mol. The van der Waals surface area contributed by atoms with Crippen LogP contribution in [-0.2, 0) is 0 Å². The van der Waals surface area contributed by atoms with Gasteiger partial charge in [0.05, 0.1) is 4.92 Å². The van der Waals surface area contributed by atoms with E-state index in [0.717, 1.165) is 25.5 Å². The molecular formula is C12H18N4O3. The Morgan fingerprint density at radius 3 is 2.89 bits per heavy atom. The Labute approximate surface area is 111 Å². The van der Waals surface area contributed by atoms with Gasteiger partial charge in [-0.15, -0.1) is 0 Å². The van der Waals surface area contributed by atoms with Crippen LogP contribution < -0.4 is 11.1 Å². The highest BCUT2D eigenvalue weighted by Crippen LogP contribution is 2.19. The molecule has 7 nitrogen and oxygen atoms in total. The van der Waals surface area contributed by atoms with Gasteiger partial charge >= 0.3 is 0 Å². The molecule has 19 heavy (non-hydrogen) atoms. The molecule has 7 heteroatoms. The molecule has 1 heterocycles. The third-order valence-electron chi connectivity index (χ3n) is 2.71. The normalized spacial score (nSPS) is 11.9. The second kappa shape index (κ2) is 6.67. The number of carbonyl (C=O) groups is 1. The number of nitrogens with zero attached hydrogens (tertiary/aromatic N) is 2. The quantitative estimate of drug-likeness (QED) is 0.603. The number of aromatic nitrogens is 1. The Hall–Kier alpha value is -2.18. The summed E-state index contributed by atoms with van der Waals surface area (Å²) in [6, 6.07) is 1.18. The van der Waals surface area contributed by atoms with E-state index in [1.54, 1.807) is 0 Å². The minimum Gasteiger partial charge on any atom is -0.384 e. The number of nitro groups is 1. The topological polar surface area (TPSA) is 111 Å². The molecule has 0 saturated carbocycles. The zero-order valence-electron chi connectivity index (χ0n) is 11.0. The fourth-order valence-electron chi connectivity index (χ4n) is 1.68. The summed E-state index contributed by atoms with van der Waals surface area (Å²) >= 11 is 0. The van der Waals surface area contributed by atoms with Gasteiger partial charge in [0.1, 0.15) is 17.6 Å². The van der Waals surface area contributed by atoms with E-state index in [-0.39, 0.29) is 23.1 Å². The van der Waals surface area contributed by atoms with Crippen molar-refractivity contribution in [2.45, 2.75) is 39.2 Å². The van der Waals surface area contributed by atoms with Crippen LogP contribution in [0.1, 0.15) is 43.5 Å². The summed E-state index contributed by atoms with van der Waals surface area (Å²) in [5.74, 6) is -0.415. The van der Waals surface area contributed by atoms with E-state index in [1.807, 2.05) is 6.92 Å². The highest BCUT2D eigenvalue weighted by atomic mass is 16.6. The first-order valence-electron chi connectivity index (χ1n) is 6.16. The van der Waals surface area contributed by atoms with Crippen molar-refractivity contribution in [2.24, 2.45) is 0 Å². The summed E-state index contributed by atoms with van der Waals surface area (Å²) in [6.45, 7) is 3.92. The number of nitrogens with one attached hydrogen (secondary N) is 1.